The highest BCUT2D eigenvalue weighted by molar-refractivity contribution is 7.21. The topological polar surface area (TPSA) is 90.1 Å². The number of aromatic nitrogens is 2. The summed E-state index contributed by atoms with van der Waals surface area (Å²) < 4.78 is 5.95. The third kappa shape index (κ3) is 3.84. The second-order valence-corrected chi connectivity index (χ2v) is 8.09. The minimum atomic E-state index is -0.367. The van der Waals surface area contributed by atoms with E-state index in [0.717, 1.165) is 37.6 Å². The van der Waals surface area contributed by atoms with Crippen molar-refractivity contribution in [1.82, 2.24) is 9.97 Å². The maximum absolute atomic E-state index is 12.1. The number of hydrogen-bond donors (Lipinski definition) is 2. The second-order valence-electron chi connectivity index (χ2n) is 7.05. The van der Waals surface area contributed by atoms with Crippen molar-refractivity contribution in [2.24, 2.45) is 0 Å². The Balaban J connectivity index is 1.62. The van der Waals surface area contributed by atoms with Crippen LogP contribution in [0, 0.1) is 13.8 Å². The van der Waals surface area contributed by atoms with Crippen molar-refractivity contribution in [2.75, 3.05) is 18.2 Å². The van der Waals surface area contributed by atoms with Gasteiger partial charge in [-0.1, -0.05) is 24.3 Å². The quantitative estimate of drug-likeness (QED) is 0.446. The molecule has 0 spiro atoms. The van der Waals surface area contributed by atoms with Crippen molar-refractivity contribution < 1.29 is 9.53 Å². The minimum Gasteiger partial charge on any atom is -0.465 e. The average molecular weight is 419 g/mol. The number of aryl methyl sites for hydroxylation is 2. The molecule has 2 aromatic carbocycles. The lowest BCUT2D eigenvalue weighted by Gasteiger charge is -2.11. The lowest BCUT2D eigenvalue weighted by molar-refractivity contribution is 0.0601. The van der Waals surface area contributed by atoms with Crippen LogP contribution in [0.15, 0.2) is 48.5 Å². The largest absolute Gasteiger partial charge is 0.465 e. The highest BCUT2D eigenvalue weighted by atomic mass is 32.1. The number of anilines is 2. The van der Waals surface area contributed by atoms with Crippen molar-refractivity contribution in [3.8, 4) is 10.6 Å². The fourth-order valence-electron chi connectivity index (χ4n) is 3.32. The number of nitrogens with one attached hydrogen (secondary N) is 1. The molecule has 0 unspecified atom stereocenters. The number of pyridine rings is 1. The highest BCUT2D eigenvalue weighted by Crippen LogP contribution is 2.33. The van der Waals surface area contributed by atoms with E-state index >= 15 is 0 Å². The molecule has 152 valence electrons. The summed E-state index contributed by atoms with van der Waals surface area (Å²) >= 11 is 1.55. The summed E-state index contributed by atoms with van der Waals surface area (Å²) in [6.45, 7) is 4.53. The molecule has 0 radical (unpaired) electrons. The summed E-state index contributed by atoms with van der Waals surface area (Å²) in [5.41, 5.74) is 12.0. The van der Waals surface area contributed by atoms with Crippen molar-refractivity contribution in [2.45, 2.75) is 20.4 Å². The summed E-state index contributed by atoms with van der Waals surface area (Å²) in [6, 6.07) is 15.4. The van der Waals surface area contributed by atoms with Crippen LogP contribution in [0.4, 0.5) is 11.5 Å². The van der Waals surface area contributed by atoms with Gasteiger partial charge in [0.15, 0.2) is 0 Å². The van der Waals surface area contributed by atoms with Gasteiger partial charge < -0.3 is 15.8 Å². The Bertz CT molecular complexity index is 1250. The van der Waals surface area contributed by atoms with Gasteiger partial charge in [0, 0.05) is 17.8 Å². The number of carbonyl (C=O) groups is 1. The van der Waals surface area contributed by atoms with E-state index in [2.05, 4.69) is 16.4 Å². The molecular formula is C23H22N4O2S. The van der Waals surface area contributed by atoms with Gasteiger partial charge in [0.1, 0.15) is 10.8 Å². The maximum atomic E-state index is 12.1. The zero-order valence-corrected chi connectivity index (χ0v) is 17.8. The van der Waals surface area contributed by atoms with Crippen LogP contribution in [-0.2, 0) is 11.3 Å². The number of esters is 1. The molecular weight excluding hydrogens is 396 g/mol. The Kier molecular flexibility index (Phi) is 5.37. The molecule has 4 rings (SSSR count). The van der Waals surface area contributed by atoms with E-state index in [0.29, 0.717) is 23.6 Å². The number of nitrogens with zero attached hydrogens (tertiary/aromatic N) is 2. The predicted molar refractivity (Wildman–Crippen MR) is 122 cm³/mol. The molecule has 0 saturated carbocycles. The Morgan fingerprint density at radius 2 is 1.93 bits per heavy atom. The van der Waals surface area contributed by atoms with Crippen LogP contribution >= 0.6 is 11.3 Å². The van der Waals surface area contributed by atoms with Crippen molar-refractivity contribution in [3.05, 3.63) is 70.9 Å². The minimum absolute atomic E-state index is 0.367. The summed E-state index contributed by atoms with van der Waals surface area (Å²) in [6.07, 6.45) is 0. The molecule has 2 aromatic heterocycles. The molecule has 0 atom stereocenters. The number of benzene rings is 2. The highest BCUT2D eigenvalue weighted by Gasteiger charge is 2.16. The number of nitrogens with two attached hydrogens (primary N) is 1. The zero-order valence-electron chi connectivity index (χ0n) is 17.0. The second kappa shape index (κ2) is 8.12. The number of fused-ring (bicyclic) bond motifs is 1. The number of nitrogen functional groups attached to an aromatic ring is 1. The van der Waals surface area contributed by atoms with Gasteiger partial charge in [0.2, 0.25) is 0 Å². The first-order chi connectivity index (χ1) is 14.5. The summed E-state index contributed by atoms with van der Waals surface area (Å²) in [7, 11) is 1.38. The van der Waals surface area contributed by atoms with Crippen molar-refractivity contribution in [1.29, 1.82) is 0 Å². The average Bonchev–Trinajstić information content (AvgIpc) is 3.18. The Hall–Kier alpha value is -3.45. The first-order valence-corrected chi connectivity index (χ1v) is 10.3. The van der Waals surface area contributed by atoms with E-state index in [4.69, 9.17) is 15.5 Å². The number of thiazole rings is 1. The number of ether oxygens (including phenoxy) is 1. The molecule has 0 saturated heterocycles. The summed E-state index contributed by atoms with van der Waals surface area (Å²) in [5, 5.41) is 4.12. The fraction of sp³-hybridized carbons (Fsp3) is 0.174. The smallest absolute Gasteiger partial charge is 0.338 e. The fourth-order valence-corrected chi connectivity index (χ4v) is 4.39. The van der Waals surface area contributed by atoms with E-state index < -0.39 is 0 Å². The summed E-state index contributed by atoms with van der Waals surface area (Å²) in [5.74, 6) is 0.331. The molecule has 0 aliphatic rings. The first kappa shape index (κ1) is 19.8. The maximum Gasteiger partial charge on any atom is 0.338 e. The summed E-state index contributed by atoms with van der Waals surface area (Å²) in [4.78, 5) is 21.3. The molecule has 3 N–H and O–H groups in total. The van der Waals surface area contributed by atoms with Crippen LogP contribution in [0.5, 0.6) is 0 Å². The number of carbonyl (C=O) groups excluding carboxylic acids is 1. The van der Waals surface area contributed by atoms with Crippen LogP contribution in [-0.4, -0.2) is 23.0 Å². The van der Waals surface area contributed by atoms with E-state index in [-0.39, 0.29) is 5.97 Å². The molecule has 0 amide bonds. The van der Waals surface area contributed by atoms with Gasteiger partial charge in [-0.15, -0.1) is 11.3 Å². The van der Waals surface area contributed by atoms with Gasteiger partial charge in [-0.05, 0) is 49.2 Å². The lowest BCUT2D eigenvalue weighted by atomic mass is 10.1. The van der Waals surface area contributed by atoms with Crippen LogP contribution in [0.1, 0.15) is 27.2 Å². The molecule has 7 heteroatoms. The first-order valence-electron chi connectivity index (χ1n) is 9.51. The number of rotatable bonds is 5. The lowest BCUT2D eigenvalue weighted by Crippen LogP contribution is -2.06. The normalized spacial score (nSPS) is 10.9. The zero-order chi connectivity index (χ0) is 21.3. The molecule has 0 bridgehead atoms. The van der Waals surface area contributed by atoms with Crippen molar-refractivity contribution in [3.63, 3.8) is 0 Å². The SMILES string of the molecule is COC(=O)c1ccccc1-c1nc2ccc(CNc3nc(C)cc(C)c3N)cc2s1. The number of hydrogen-bond acceptors (Lipinski definition) is 7. The third-order valence-electron chi connectivity index (χ3n) is 4.87. The third-order valence-corrected chi connectivity index (χ3v) is 5.92. The molecule has 0 fully saturated rings. The van der Waals surface area contributed by atoms with Crippen LogP contribution < -0.4 is 11.1 Å². The molecule has 2 heterocycles. The monoisotopic (exact) mass is 418 g/mol. The standard InChI is InChI=1S/C23H22N4O2S/c1-13-10-14(2)26-21(20(13)24)25-12-15-8-9-18-19(11-15)30-22(27-18)16-6-4-5-7-17(16)23(28)29-3/h4-11H,12,24H2,1-3H3,(H,25,26). The number of methoxy groups -OCH3 is 1. The molecule has 4 aromatic rings. The van der Waals surface area contributed by atoms with E-state index in [1.165, 1.54) is 7.11 Å². The molecule has 6 nitrogen and oxygen atoms in total. The van der Waals surface area contributed by atoms with E-state index in [1.54, 1.807) is 17.4 Å². The van der Waals surface area contributed by atoms with Crippen LogP contribution in [0.3, 0.4) is 0 Å². The van der Waals surface area contributed by atoms with Gasteiger partial charge in [0.25, 0.3) is 0 Å². The van der Waals surface area contributed by atoms with Crippen LogP contribution in [0.2, 0.25) is 0 Å². The van der Waals surface area contributed by atoms with Gasteiger partial charge in [0.05, 0.1) is 28.6 Å². The Morgan fingerprint density at radius 3 is 2.73 bits per heavy atom. The predicted octanol–water partition coefficient (Wildman–Crippen LogP) is 4.96. The Labute approximate surface area is 178 Å². The van der Waals surface area contributed by atoms with E-state index in [9.17, 15) is 4.79 Å². The van der Waals surface area contributed by atoms with Crippen LogP contribution in [0.25, 0.3) is 20.8 Å². The van der Waals surface area contributed by atoms with Gasteiger partial charge in [-0.25, -0.2) is 14.8 Å². The van der Waals surface area contributed by atoms with E-state index in [1.807, 2.05) is 50.2 Å². The van der Waals surface area contributed by atoms with Crippen molar-refractivity contribution >= 4 is 39.0 Å². The molecule has 0 aliphatic carbocycles. The van der Waals surface area contributed by atoms with Gasteiger partial charge >= 0.3 is 5.97 Å². The van der Waals surface area contributed by atoms with Gasteiger partial charge in [-0.3, -0.25) is 0 Å². The van der Waals surface area contributed by atoms with Gasteiger partial charge in [-0.2, -0.15) is 0 Å². The molecule has 0 aliphatic heterocycles. The Morgan fingerprint density at radius 1 is 1.13 bits per heavy atom. The molecule has 30 heavy (non-hydrogen) atoms.